The molecule has 0 bridgehead atoms. The Kier molecular flexibility index (Phi) is 6.12. The minimum atomic E-state index is -0.192. The molecule has 1 aromatic carbocycles. The van der Waals surface area contributed by atoms with E-state index >= 15 is 0 Å². The van der Waals surface area contributed by atoms with Gasteiger partial charge in [-0.05, 0) is 31.5 Å². The van der Waals surface area contributed by atoms with Crippen molar-refractivity contribution in [2.24, 2.45) is 0 Å². The lowest BCUT2D eigenvalue weighted by Gasteiger charge is -2.21. The molecule has 0 spiro atoms. The third-order valence-electron chi connectivity index (χ3n) is 4.95. The van der Waals surface area contributed by atoms with E-state index in [1.807, 2.05) is 18.2 Å². The minimum Gasteiger partial charge on any atom is -0.475 e. The van der Waals surface area contributed by atoms with E-state index in [0.717, 1.165) is 24.9 Å². The molecule has 1 aliphatic rings. The van der Waals surface area contributed by atoms with Crippen molar-refractivity contribution in [3.05, 3.63) is 59.9 Å². The standard InChI is InChI=1S/C21H23FN4O3/c1-27-11-12-28-19-13-15(8-9-23-19)20-24-21(29-25-20)18-7-4-10-26(18)14-16-5-2-3-6-17(16)22/h2-3,5-6,8-9,13,18H,4,7,10-12,14H2,1H3/t18-/m0/s1. The van der Waals surface area contributed by atoms with Gasteiger partial charge in [0.15, 0.2) is 0 Å². The number of ether oxygens (including phenoxy) is 2. The molecule has 4 rings (SSSR count). The molecule has 1 aliphatic heterocycles. The number of hydrogen-bond acceptors (Lipinski definition) is 7. The predicted molar refractivity (Wildman–Crippen MR) is 104 cm³/mol. The Labute approximate surface area is 168 Å². The van der Waals surface area contributed by atoms with Crippen LogP contribution in [0, 0.1) is 5.82 Å². The Morgan fingerprint density at radius 1 is 1.24 bits per heavy atom. The minimum absolute atomic E-state index is 0.0184. The van der Waals surface area contributed by atoms with E-state index in [2.05, 4.69) is 20.0 Å². The first kappa shape index (κ1) is 19.5. The van der Waals surface area contributed by atoms with Crippen molar-refractivity contribution in [3.63, 3.8) is 0 Å². The monoisotopic (exact) mass is 398 g/mol. The topological polar surface area (TPSA) is 73.5 Å². The lowest BCUT2D eigenvalue weighted by atomic mass is 10.1. The van der Waals surface area contributed by atoms with E-state index in [1.165, 1.54) is 6.07 Å². The Hall–Kier alpha value is -2.84. The van der Waals surface area contributed by atoms with Crippen molar-refractivity contribution < 1.29 is 18.4 Å². The van der Waals surface area contributed by atoms with Gasteiger partial charge in [-0.3, -0.25) is 4.90 Å². The summed E-state index contributed by atoms with van der Waals surface area (Å²) in [5, 5.41) is 4.13. The lowest BCUT2D eigenvalue weighted by Crippen LogP contribution is -2.23. The van der Waals surface area contributed by atoms with Crippen LogP contribution < -0.4 is 4.74 Å². The summed E-state index contributed by atoms with van der Waals surface area (Å²) in [7, 11) is 1.62. The number of hydrogen-bond donors (Lipinski definition) is 0. The summed E-state index contributed by atoms with van der Waals surface area (Å²) in [6.45, 7) is 2.28. The van der Waals surface area contributed by atoms with Crippen molar-refractivity contribution >= 4 is 0 Å². The van der Waals surface area contributed by atoms with Crippen molar-refractivity contribution in [2.75, 3.05) is 26.9 Å². The normalized spacial score (nSPS) is 17.0. The van der Waals surface area contributed by atoms with E-state index in [-0.39, 0.29) is 11.9 Å². The summed E-state index contributed by atoms with van der Waals surface area (Å²) in [6.07, 6.45) is 3.55. The Bertz CT molecular complexity index is 949. The molecular formula is C21H23FN4O3. The number of halogens is 1. The number of nitrogens with zero attached hydrogens (tertiary/aromatic N) is 4. The second kappa shape index (κ2) is 9.11. The predicted octanol–water partition coefficient (Wildman–Crippen LogP) is 3.63. The molecule has 8 heteroatoms. The Morgan fingerprint density at radius 2 is 2.14 bits per heavy atom. The van der Waals surface area contributed by atoms with E-state index in [1.54, 1.807) is 25.4 Å². The molecule has 0 aliphatic carbocycles. The van der Waals surface area contributed by atoms with Gasteiger partial charge in [-0.2, -0.15) is 4.98 Å². The molecule has 0 N–H and O–H groups in total. The average molecular weight is 398 g/mol. The highest BCUT2D eigenvalue weighted by atomic mass is 19.1. The highest BCUT2D eigenvalue weighted by Gasteiger charge is 2.31. The number of methoxy groups -OCH3 is 1. The molecule has 2 aromatic heterocycles. The van der Waals surface area contributed by atoms with Crippen LogP contribution in [-0.2, 0) is 11.3 Å². The van der Waals surface area contributed by atoms with Gasteiger partial charge in [-0.15, -0.1) is 0 Å². The maximum atomic E-state index is 14.0. The molecule has 1 fully saturated rings. The molecule has 29 heavy (non-hydrogen) atoms. The third kappa shape index (κ3) is 4.60. The molecule has 0 saturated carbocycles. The fourth-order valence-electron chi connectivity index (χ4n) is 3.49. The van der Waals surface area contributed by atoms with Gasteiger partial charge in [0.05, 0.1) is 12.6 Å². The summed E-state index contributed by atoms with van der Waals surface area (Å²) >= 11 is 0. The zero-order valence-corrected chi connectivity index (χ0v) is 16.3. The zero-order chi connectivity index (χ0) is 20.1. The molecule has 1 saturated heterocycles. The van der Waals surface area contributed by atoms with E-state index in [0.29, 0.717) is 42.9 Å². The smallest absolute Gasteiger partial charge is 0.244 e. The van der Waals surface area contributed by atoms with Crippen LogP contribution in [0.3, 0.4) is 0 Å². The van der Waals surface area contributed by atoms with Gasteiger partial charge in [0, 0.05) is 37.0 Å². The van der Waals surface area contributed by atoms with Gasteiger partial charge in [-0.1, -0.05) is 23.4 Å². The van der Waals surface area contributed by atoms with Crippen LogP contribution in [0.5, 0.6) is 5.88 Å². The van der Waals surface area contributed by atoms with E-state index in [4.69, 9.17) is 14.0 Å². The van der Waals surface area contributed by atoms with Crippen molar-refractivity contribution in [2.45, 2.75) is 25.4 Å². The Balaban J connectivity index is 1.48. The first-order valence-corrected chi connectivity index (χ1v) is 9.64. The number of likely N-dealkylation sites (tertiary alicyclic amines) is 1. The maximum absolute atomic E-state index is 14.0. The van der Waals surface area contributed by atoms with Crippen LogP contribution in [0.1, 0.15) is 30.3 Å². The fraction of sp³-hybridized carbons (Fsp3) is 0.381. The molecule has 7 nitrogen and oxygen atoms in total. The van der Waals surface area contributed by atoms with Gasteiger partial charge in [0.1, 0.15) is 12.4 Å². The van der Waals surface area contributed by atoms with Gasteiger partial charge in [-0.25, -0.2) is 9.37 Å². The third-order valence-corrected chi connectivity index (χ3v) is 4.95. The molecule has 152 valence electrons. The van der Waals surface area contributed by atoms with Crippen LogP contribution in [0.25, 0.3) is 11.4 Å². The summed E-state index contributed by atoms with van der Waals surface area (Å²) in [5.74, 6) is 1.32. The summed E-state index contributed by atoms with van der Waals surface area (Å²) < 4.78 is 30.1. The summed E-state index contributed by atoms with van der Waals surface area (Å²) in [4.78, 5) is 11.0. The molecule has 1 atom stereocenters. The van der Waals surface area contributed by atoms with Crippen LogP contribution >= 0.6 is 0 Å². The first-order chi connectivity index (χ1) is 14.2. The van der Waals surface area contributed by atoms with Gasteiger partial charge >= 0.3 is 0 Å². The summed E-state index contributed by atoms with van der Waals surface area (Å²) in [6, 6.07) is 10.4. The van der Waals surface area contributed by atoms with Crippen LogP contribution in [0.2, 0.25) is 0 Å². The molecule has 0 radical (unpaired) electrons. The van der Waals surface area contributed by atoms with Crippen molar-refractivity contribution in [1.29, 1.82) is 0 Å². The average Bonchev–Trinajstić information content (AvgIpc) is 3.40. The zero-order valence-electron chi connectivity index (χ0n) is 16.3. The fourth-order valence-corrected chi connectivity index (χ4v) is 3.49. The number of benzene rings is 1. The second-order valence-electron chi connectivity index (χ2n) is 6.90. The molecule has 0 amide bonds. The number of aromatic nitrogens is 3. The van der Waals surface area contributed by atoms with Crippen LogP contribution in [0.15, 0.2) is 47.1 Å². The SMILES string of the molecule is COCCOc1cc(-c2noc([C@@H]3CCCN3Cc3ccccc3F)n2)ccn1. The molecular weight excluding hydrogens is 375 g/mol. The second-order valence-corrected chi connectivity index (χ2v) is 6.90. The Morgan fingerprint density at radius 3 is 3.00 bits per heavy atom. The van der Waals surface area contributed by atoms with Crippen molar-refractivity contribution in [3.8, 4) is 17.3 Å². The molecule has 3 aromatic rings. The highest BCUT2D eigenvalue weighted by molar-refractivity contribution is 5.55. The van der Waals surface area contributed by atoms with Gasteiger partial charge < -0.3 is 14.0 Å². The molecule has 0 unspecified atom stereocenters. The maximum Gasteiger partial charge on any atom is 0.244 e. The van der Waals surface area contributed by atoms with Gasteiger partial charge in [0.2, 0.25) is 17.6 Å². The van der Waals surface area contributed by atoms with Crippen LogP contribution in [-0.4, -0.2) is 46.9 Å². The van der Waals surface area contributed by atoms with Crippen LogP contribution in [0.4, 0.5) is 4.39 Å². The highest BCUT2D eigenvalue weighted by Crippen LogP contribution is 2.33. The molecule has 3 heterocycles. The van der Waals surface area contributed by atoms with E-state index < -0.39 is 0 Å². The quantitative estimate of drug-likeness (QED) is 0.537. The van der Waals surface area contributed by atoms with Gasteiger partial charge in [0.25, 0.3) is 0 Å². The lowest BCUT2D eigenvalue weighted by molar-refractivity contribution is 0.144. The largest absolute Gasteiger partial charge is 0.475 e. The summed E-state index contributed by atoms with van der Waals surface area (Å²) in [5.41, 5.74) is 1.44. The van der Waals surface area contributed by atoms with E-state index in [9.17, 15) is 4.39 Å². The number of pyridine rings is 1. The number of rotatable bonds is 8. The van der Waals surface area contributed by atoms with Crippen molar-refractivity contribution in [1.82, 2.24) is 20.0 Å². The first-order valence-electron chi connectivity index (χ1n) is 9.64.